The van der Waals surface area contributed by atoms with Gasteiger partial charge >= 0.3 is 6.03 Å². The van der Waals surface area contributed by atoms with Gasteiger partial charge in [-0.15, -0.1) is 0 Å². The van der Waals surface area contributed by atoms with Gasteiger partial charge in [0.15, 0.2) is 0 Å². The van der Waals surface area contributed by atoms with Crippen molar-refractivity contribution in [3.8, 4) is 0 Å². The fraction of sp³-hybridized carbons (Fsp3) is 0.375. The number of nitrogens with one attached hydrogen (secondary N) is 2. The molecule has 0 radical (unpaired) electrons. The van der Waals surface area contributed by atoms with Crippen LogP contribution in [0.1, 0.15) is 42.5 Å². The Balaban J connectivity index is 2.10. The lowest BCUT2D eigenvalue weighted by molar-refractivity contribution is -0.385. The van der Waals surface area contributed by atoms with Crippen LogP contribution in [0.3, 0.4) is 0 Å². The van der Waals surface area contributed by atoms with E-state index in [1.807, 2.05) is 13.8 Å². The number of nitrogens with zero attached hydrogens (tertiary/aromatic N) is 2. The van der Waals surface area contributed by atoms with E-state index in [4.69, 9.17) is 4.52 Å². The van der Waals surface area contributed by atoms with Crippen LogP contribution >= 0.6 is 0 Å². The number of hydrogen-bond donors (Lipinski definition) is 2. The van der Waals surface area contributed by atoms with Gasteiger partial charge in [-0.25, -0.2) is 4.79 Å². The first-order valence-corrected chi connectivity index (χ1v) is 7.61. The molecule has 0 aliphatic carbocycles. The summed E-state index contributed by atoms with van der Waals surface area (Å²) in [6.07, 6.45) is 0.547. The quantitative estimate of drug-likeness (QED) is 0.641. The highest BCUT2D eigenvalue weighted by atomic mass is 16.6. The molecule has 0 saturated carbocycles. The Labute approximate surface area is 139 Å². The molecular formula is C16H20N4O4. The Morgan fingerprint density at radius 1 is 1.42 bits per heavy atom. The van der Waals surface area contributed by atoms with Gasteiger partial charge in [0.1, 0.15) is 5.76 Å². The van der Waals surface area contributed by atoms with Crippen LogP contribution in [0.4, 0.5) is 16.2 Å². The predicted molar refractivity (Wildman–Crippen MR) is 89.0 cm³/mol. The Morgan fingerprint density at radius 3 is 2.67 bits per heavy atom. The lowest BCUT2D eigenvalue weighted by Gasteiger charge is -2.14. The molecule has 2 amide bonds. The molecule has 0 saturated heterocycles. The molecule has 24 heavy (non-hydrogen) atoms. The first-order valence-electron chi connectivity index (χ1n) is 7.61. The van der Waals surface area contributed by atoms with Crippen LogP contribution in [-0.4, -0.2) is 16.1 Å². The molecule has 0 aliphatic rings. The zero-order valence-corrected chi connectivity index (χ0v) is 14.0. The third-order valence-corrected chi connectivity index (χ3v) is 3.79. The van der Waals surface area contributed by atoms with Gasteiger partial charge in [-0.2, -0.15) is 0 Å². The molecule has 8 nitrogen and oxygen atoms in total. The maximum absolute atomic E-state index is 12.1. The minimum Gasteiger partial charge on any atom is -0.361 e. The largest absolute Gasteiger partial charge is 0.361 e. The number of aromatic nitrogens is 1. The average Bonchev–Trinajstić information content (AvgIpc) is 2.85. The van der Waals surface area contributed by atoms with E-state index in [9.17, 15) is 14.9 Å². The van der Waals surface area contributed by atoms with E-state index in [1.54, 1.807) is 26.0 Å². The number of aryl methyl sites for hydroxylation is 3. The van der Waals surface area contributed by atoms with Crippen molar-refractivity contribution in [2.24, 2.45) is 0 Å². The number of nitro benzene ring substituents is 1. The molecule has 1 aromatic carbocycles. The van der Waals surface area contributed by atoms with Crippen LogP contribution in [0.15, 0.2) is 22.7 Å². The van der Waals surface area contributed by atoms with Gasteiger partial charge in [0.05, 0.1) is 16.7 Å². The van der Waals surface area contributed by atoms with Crippen molar-refractivity contribution < 1.29 is 14.2 Å². The summed E-state index contributed by atoms with van der Waals surface area (Å²) >= 11 is 0. The van der Waals surface area contributed by atoms with Gasteiger partial charge in [-0.3, -0.25) is 10.1 Å². The van der Waals surface area contributed by atoms with Gasteiger partial charge in [-0.1, -0.05) is 18.1 Å². The molecule has 1 heterocycles. The third kappa shape index (κ3) is 3.70. The molecule has 2 aromatic rings. The molecule has 0 unspecified atom stereocenters. The predicted octanol–water partition coefficient (Wildman–Crippen LogP) is 3.64. The van der Waals surface area contributed by atoms with Crippen molar-refractivity contribution in [1.82, 2.24) is 10.5 Å². The number of hydrogen-bond acceptors (Lipinski definition) is 5. The fourth-order valence-corrected chi connectivity index (χ4v) is 2.65. The van der Waals surface area contributed by atoms with Crippen molar-refractivity contribution in [2.45, 2.75) is 40.2 Å². The molecule has 1 aromatic heterocycles. The van der Waals surface area contributed by atoms with E-state index in [1.165, 1.54) is 6.07 Å². The maximum atomic E-state index is 12.1. The smallest absolute Gasteiger partial charge is 0.319 e. The van der Waals surface area contributed by atoms with E-state index in [0.717, 1.165) is 5.56 Å². The van der Waals surface area contributed by atoms with E-state index in [2.05, 4.69) is 15.8 Å². The van der Waals surface area contributed by atoms with Crippen molar-refractivity contribution in [1.29, 1.82) is 0 Å². The monoisotopic (exact) mass is 332 g/mol. The SMILES string of the molecule is CCc1ccc(NC(=O)N[C@@H](C)c2c(C)noc2C)cc1[N+](=O)[O-]. The molecule has 0 bridgehead atoms. The molecular weight excluding hydrogens is 312 g/mol. The molecule has 1 atom stereocenters. The van der Waals surface area contributed by atoms with Crippen LogP contribution in [0.5, 0.6) is 0 Å². The summed E-state index contributed by atoms with van der Waals surface area (Å²) in [5.41, 5.74) is 2.51. The second kappa shape index (κ2) is 7.12. The zero-order chi connectivity index (χ0) is 17.9. The van der Waals surface area contributed by atoms with Gasteiger partial charge in [0.25, 0.3) is 5.69 Å². The molecule has 2 rings (SSSR count). The van der Waals surface area contributed by atoms with E-state index >= 15 is 0 Å². The normalized spacial score (nSPS) is 11.8. The number of carbonyl (C=O) groups excluding carboxylic acids is 1. The molecule has 0 fully saturated rings. The summed E-state index contributed by atoms with van der Waals surface area (Å²) < 4.78 is 5.09. The second-order valence-corrected chi connectivity index (χ2v) is 5.51. The Bertz CT molecular complexity index is 750. The van der Waals surface area contributed by atoms with Crippen molar-refractivity contribution in [2.75, 3.05) is 5.32 Å². The molecule has 2 N–H and O–H groups in total. The number of anilines is 1. The number of amides is 2. The van der Waals surface area contributed by atoms with E-state index in [0.29, 0.717) is 29.1 Å². The second-order valence-electron chi connectivity index (χ2n) is 5.51. The Hall–Kier alpha value is -2.90. The lowest BCUT2D eigenvalue weighted by atomic mass is 10.1. The van der Waals surface area contributed by atoms with Gasteiger partial charge in [-0.05, 0) is 33.3 Å². The first-order chi connectivity index (χ1) is 11.3. The summed E-state index contributed by atoms with van der Waals surface area (Å²) in [6, 6.07) is 3.89. The van der Waals surface area contributed by atoms with Crippen LogP contribution in [0.2, 0.25) is 0 Å². The third-order valence-electron chi connectivity index (χ3n) is 3.79. The fourth-order valence-electron chi connectivity index (χ4n) is 2.65. The number of rotatable bonds is 5. The van der Waals surface area contributed by atoms with Crippen LogP contribution in [-0.2, 0) is 6.42 Å². The maximum Gasteiger partial charge on any atom is 0.319 e. The molecule has 0 aliphatic heterocycles. The molecule has 8 heteroatoms. The number of nitro groups is 1. The van der Waals surface area contributed by atoms with Gasteiger partial charge in [0.2, 0.25) is 0 Å². The topological polar surface area (TPSA) is 110 Å². The highest BCUT2D eigenvalue weighted by Gasteiger charge is 2.19. The zero-order valence-electron chi connectivity index (χ0n) is 14.0. The van der Waals surface area contributed by atoms with Crippen LogP contribution in [0, 0.1) is 24.0 Å². The van der Waals surface area contributed by atoms with E-state index in [-0.39, 0.29) is 11.7 Å². The number of urea groups is 1. The minimum absolute atomic E-state index is 0.00549. The Morgan fingerprint density at radius 2 is 2.12 bits per heavy atom. The van der Waals surface area contributed by atoms with Crippen molar-refractivity contribution in [3.05, 3.63) is 50.9 Å². The Kier molecular flexibility index (Phi) is 5.18. The summed E-state index contributed by atoms with van der Waals surface area (Å²) in [4.78, 5) is 22.8. The van der Waals surface area contributed by atoms with Gasteiger partial charge < -0.3 is 15.2 Å². The summed E-state index contributed by atoms with van der Waals surface area (Å²) in [5, 5.41) is 20.3. The van der Waals surface area contributed by atoms with Crippen LogP contribution < -0.4 is 10.6 Å². The van der Waals surface area contributed by atoms with Crippen LogP contribution in [0.25, 0.3) is 0 Å². The number of carbonyl (C=O) groups is 1. The summed E-state index contributed by atoms with van der Waals surface area (Å²) in [7, 11) is 0. The highest BCUT2D eigenvalue weighted by molar-refractivity contribution is 5.90. The van der Waals surface area contributed by atoms with Gasteiger partial charge in [0, 0.05) is 22.9 Å². The summed E-state index contributed by atoms with van der Waals surface area (Å²) in [5.74, 6) is 0.642. The highest BCUT2D eigenvalue weighted by Crippen LogP contribution is 2.24. The minimum atomic E-state index is -0.457. The summed E-state index contributed by atoms with van der Waals surface area (Å²) in [6.45, 7) is 7.23. The van der Waals surface area contributed by atoms with E-state index < -0.39 is 11.0 Å². The average molecular weight is 332 g/mol. The van der Waals surface area contributed by atoms with Crippen molar-refractivity contribution in [3.63, 3.8) is 0 Å². The molecule has 0 spiro atoms. The lowest BCUT2D eigenvalue weighted by Crippen LogP contribution is -2.31. The first kappa shape index (κ1) is 17.5. The molecule has 128 valence electrons. The van der Waals surface area contributed by atoms with Crippen molar-refractivity contribution >= 4 is 17.4 Å². The standard InChI is InChI=1S/C16H20N4O4/c1-5-12-6-7-13(8-14(12)20(22)23)18-16(21)17-9(2)15-10(3)19-24-11(15)4/h6-9H,5H2,1-4H3,(H2,17,18,21)/t9-/m0/s1. The number of benzene rings is 1.